The number of rotatable bonds is 4. The van der Waals surface area contributed by atoms with E-state index in [1.54, 1.807) is 0 Å². The molecule has 1 aromatic carbocycles. The molecule has 2 fully saturated rings. The van der Waals surface area contributed by atoms with Gasteiger partial charge in [0.15, 0.2) is 0 Å². The van der Waals surface area contributed by atoms with E-state index in [4.69, 9.17) is 0 Å². The van der Waals surface area contributed by atoms with Crippen molar-refractivity contribution >= 4 is 23.8 Å². The van der Waals surface area contributed by atoms with Crippen molar-refractivity contribution in [3.8, 4) is 0 Å². The van der Waals surface area contributed by atoms with Gasteiger partial charge in [-0.1, -0.05) is 19.1 Å². The highest BCUT2D eigenvalue weighted by molar-refractivity contribution is 6.00. The molecule has 2 amide bonds. The van der Waals surface area contributed by atoms with Gasteiger partial charge in [-0.25, -0.2) is 0 Å². The lowest BCUT2D eigenvalue weighted by Crippen LogP contribution is -2.39. The van der Waals surface area contributed by atoms with E-state index in [1.165, 1.54) is 0 Å². The molecule has 0 aromatic heterocycles. The Hall–Kier alpha value is -2.17. The number of anilines is 1. The summed E-state index contributed by atoms with van der Waals surface area (Å²) in [4.78, 5) is 36.3. The van der Waals surface area contributed by atoms with Gasteiger partial charge in [0.1, 0.15) is 6.29 Å². The van der Waals surface area contributed by atoms with Gasteiger partial charge < -0.3 is 9.69 Å². The second-order valence-electron chi connectivity index (χ2n) is 7.26. The van der Waals surface area contributed by atoms with Crippen LogP contribution < -0.4 is 10.2 Å². The van der Waals surface area contributed by atoms with Crippen molar-refractivity contribution < 1.29 is 14.4 Å². The van der Waals surface area contributed by atoms with Gasteiger partial charge in [-0.05, 0) is 42.4 Å². The molecule has 2 aliphatic heterocycles. The van der Waals surface area contributed by atoms with E-state index in [9.17, 15) is 14.4 Å². The van der Waals surface area contributed by atoms with Crippen LogP contribution in [-0.2, 0) is 14.4 Å². The van der Waals surface area contributed by atoms with Crippen molar-refractivity contribution in [1.29, 1.82) is 0 Å². The minimum atomic E-state index is -0.228. The average molecular weight is 328 g/mol. The molecule has 5 heteroatoms. The Kier molecular flexibility index (Phi) is 4.69. The van der Waals surface area contributed by atoms with Crippen LogP contribution in [-0.4, -0.2) is 31.2 Å². The molecule has 1 N–H and O–H groups in total. The fourth-order valence-electron chi connectivity index (χ4n) is 3.64. The number of amides is 2. The molecule has 0 bridgehead atoms. The molecule has 1 unspecified atom stereocenters. The van der Waals surface area contributed by atoms with E-state index in [2.05, 4.69) is 29.3 Å². The number of hydrogen-bond donors (Lipinski definition) is 1. The molecule has 128 valence electrons. The molecule has 0 saturated carbocycles. The first-order valence-electron chi connectivity index (χ1n) is 8.63. The van der Waals surface area contributed by atoms with Crippen LogP contribution in [0.1, 0.15) is 50.5 Å². The number of nitrogens with zero attached hydrogens (tertiary/aromatic N) is 1. The molecule has 2 saturated heterocycles. The van der Waals surface area contributed by atoms with Gasteiger partial charge in [-0.15, -0.1) is 0 Å². The topological polar surface area (TPSA) is 66.5 Å². The summed E-state index contributed by atoms with van der Waals surface area (Å²) in [6.07, 6.45) is 4.68. The SMILES string of the molecule is CC1(CC=O)CCN(c2ccc(C3CCC(=O)NC3=O)cc2)CC1. The highest BCUT2D eigenvalue weighted by Crippen LogP contribution is 2.35. The second kappa shape index (κ2) is 6.75. The van der Waals surface area contributed by atoms with Gasteiger partial charge in [-0.2, -0.15) is 0 Å². The Morgan fingerprint density at radius 2 is 1.88 bits per heavy atom. The Morgan fingerprint density at radius 3 is 2.46 bits per heavy atom. The lowest BCUT2D eigenvalue weighted by Gasteiger charge is -2.39. The number of carbonyl (C=O) groups excluding carboxylic acids is 3. The minimum absolute atomic E-state index is 0.130. The third-order valence-corrected chi connectivity index (χ3v) is 5.45. The highest BCUT2D eigenvalue weighted by Gasteiger charge is 2.30. The van der Waals surface area contributed by atoms with Crippen LogP contribution in [0.5, 0.6) is 0 Å². The van der Waals surface area contributed by atoms with Crippen LogP contribution >= 0.6 is 0 Å². The maximum Gasteiger partial charge on any atom is 0.234 e. The Morgan fingerprint density at radius 1 is 1.21 bits per heavy atom. The van der Waals surface area contributed by atoms with Crippen LogP contribution in [0.2, 0.25) is 0 Å². The van der Waals surface area contributed by atoms with E-state index in [0.29, 0.717) is 19.3 Å². The number of hydrogen-bond acceptors (Lipinski definition) is 4. The number of benzene rings is 1. The van der Waals surface area contributed by atoms with Gasteiger partial charge in [0.05, 0.1) is 5.92 Å². The molecule has 5 nitrogen and oxygen atoms in total. The molecule has 2 heterocycles. The Bertz CT molecular complexity index is 631. The smallest absolute Gasteiger partial charge is 0.234 e. The van der Waals surface area contributed by atoms with Gasteiger partial charge in [0, 0.05) is 31.6 Å². The highest BCUT2D eigenvalue weighted by atomic mass is 16.2. The van der Waals surface area contributed by atoms with Crippen molar-refractivity contribution in [2.75, 3.05) is 18.0 Å². The molecule has 0 spiro atoms. The normalized spacial score (nSPS) is 23.7. The van der Waals surface area contributed by atoms with Crippen molar-refractivity contribution in [2.45, 2.75) is 44.9 Å². The number of aldehydes is 1. The zero-order chi connectivity index (χ0) is 17.2. The molecular formula is C19H24N2O3. The van der Waals surface area contributed by atoms with Gasteiger partial charge in [-0.3, -0.25) is 14.9 Å². The molecule has 1 atom stereocenters. The maximum atomic E-state index is 12.0. The first-order chi connectivity index (χ1) is 11.5. The molecule has 24 heavy (non-hydrogen) atoms. The van der Waals surface area contributed by atoms with Gasteiger partial charge in [0.2, 0.25) is 11.8 Å². The predicted octanol–water partition coefficient (Wildman–Crippen LogP) is 2.40. The number of imide groups is 1. The van der Waals surface area contributed by atoms with E-state index in [-0.39, 0.29) is 23.1 Å². The Balaban J connectivity index is 1.64. The summed E-state index contributed by atoms with van der Waals surface area (Å²) in [5.41, 5.74) is 2.25. The van der Waals surface area contributed by atoms with Gasteiger partial charge >= 0.3 is 0 Å². The number of carbonyl (C=O) groups is 3. The molecule has 0 aliphatic carbocycles. The number of piperidine rings is 2. The van der Waals surface area contributed by atoms with E-state index in [1.807, 2.05) is 12.1 Å². The first-order valence-corrected chi connectivity index (χ1v) is 8.63. The lowest BCUT2D eigenvalue weighted by molar-refractivity contribution is -0.134. The van der Waals surface area contributed by atoms with Gasteiger partial charge in [0.25, 0.3) is 0 Å². The van der Waals surface area contributed by atoms with Crippen molar-refractivity contribution in [3.05, 3.63) is 29.8 Å². The summed E-state index contributed by atoms with van der Waals surface area (Å²) >= 11 is 0. The molecule has 3 rings (SSSR count). The quantitative estimate of drug-likeness (QED) is 0.681. The molecule has 2 aliphatic rings. The zero-order valence-electron chi connectivity index (χ0n) is 14.1. The average Bonchev–Trinajstić information content (AvgIpc) is 2.56. The van der Waals surface area contributed by atoms with E-state index >= 15 is 0 Å². The summed E-state index contributed by atoms with van der Waals surface area (Å²) < 4.78 is 0. The van der Waals surface area contributed by atoms with Crippen LogP contribution in [0.15, 0.2) is 24.3 Å². The minimum Gasteiger partial charge on any atom is -0.371 e. The molecular weight excluding hydrogens is 304 g/mol. The summed E-state index contributed by atoms with van der Waals surface area (Å²) in [6.45, 7) is 4.08. The largest absolute Gasteiger partial charge is 0.371 e. The van der Waals surface area contributed by atoms with Crippen LogP contribution in [0.4, 0.5) is 5.69 Å². The fourth-order valence-corrected chi connectivity index (χ4v) is 3.64. The summed E-state index contributed by atoms with van der Waals surface area (Å²) in [6, 6.07) is 8.10. The van der Waals surface area contributed by atoms with Crippen LogP contribution in [0.3, 0.4) is 0 Å². The lowest BCUT2D eigenvalue weighted by atomic mass is 9.78. The number of nitrogens with one attached hydrogen (secondary N) is 1. The fraction of sp³-hybridized carbons (Fsp3) is 0.526. The van der Waals surface area contributed by atoms with Crippen molar-refractivity contribution in [3.63, 3.8) is 0 Å². The Labute approximate surface area is 142 Å². The van der Waals surface area contributed by atoms with E-state index in [0.717, 1.165) is 43.5 Å². The molecule has 0 radical (unpaired) electrons. The molecule has 1 aromatic rings. The zero-order valence-corrected chi connectivity index (χ0v) is 14.1. The summed E-state index contributed by atoms with van der Waals surface area (Å²) in [5.74, 6) is -0.602. The van der Waals surface area contributed by atoms with Crippen molar-refractivity contribution in [1.82, 2.24) is 5.32 Å². The third kappa shape index (κ3) is 3.50. The third-order valence-electron chi connectivity index (χ3n) is 5.45. The van der Waals surface area contributed by atoms with Crippen molar-refractivity contribution in [2.24, 2.45) is 5.41 Å². The van der Waals surface area contributed by atoms with E-state index < -0.39 is 0 Å². The summed E-state index contributed by atoms with van der Waals surface area (Å²) in [5, 5.41) is 2.41. The summed E-state index contributed by atoms with van der Waals surface area (Å²) in [7, 11) is 0. The monoisotopic (exact) mass is 328 g/mol. The first kappa shape index (κ1) is 16.7. The van der Waals surface area contributed by atoms with Crippen LogP contribution in [0.25, 0.3) is 0 Å². The second-order valence-corrected chi connectivity index (χ2v) is 7.26. The maximum absolute atomic E-state index is 12.0. The van der Waals surface area contributed by atoms with Crippen LogP contribution in [0, 0.1) is 5.41 Å². The predicted molar refractivity (Wildman–Crippen MR) is 91.8 cm³/mol. The standard InChI is InChI=1S/C19H24N2O3/c1-19(10-13-22)8-11-21(12-9-19)15-4-2-14(3-5-15)16-6-7-17(23)20-18(16)24/h2-5,13,16H,6-12H2,1H3,(H,20,23,24).